The minimum absolute atomic E-state index is 0.0683. The second-order valence-electron chi connectivity index (χ2n) is 3.47. The van der Waals surface area contributed by atoms with Gasteiger partial charge in [-0.05, 0) is 30.2 Å². The van der Waals surface area contributed by atoms with Crippen LogP contribution in [0.25, 0.3) is 5.57 Å². The number of ether oxygens (including phenoxy) is 1. The fraction of sp³-hybridized carbons (Fsp3) is 0.231. The average Bonchev–Trinajstić information content (AvgIpc) is 2.35. The standard InChI is InChI=1S/C13H12ClNO3/c1-3-9(13(16)17)10(7-15)8-4-5-12(18-2)11(14)6-8/h4-6H,3H2,1-2H3,(H,16,17)/b10-9+. The van der Waals surface area contributed by atoms with Crippen LogP contribution in [0.5, 0.6) is 5.75 Å². The molecule has 0 radical (unpaired) electrons. The molecule has 0 bridgehead atoms. The molecule has 1 aromatic carbocycles. The lowest BCUT2D eigenvalue weighted by molar-refractivity contribution is -0.132. The van der Waals surface area contributed by atoms with Crippen molar-refractivity contribution >= 4 is 23.1 Å². The molecule has 0 aliphatic heterocycles. The van der Waals surface area contributed by atoms with Gasteiger partial charge in [-0.2, -0.15) is 5.26 Å². The van der Waals surface area contributed by atoms with Gasteiger partial charge in [-0.25, -0.2) is 4.79 Å². The summed E-state index contributed by atoms with van der Waals surface area (Å²) in [7, 11) is 1.48. The fourth-order valence-electron chi connectivity index (χ4n) is 1.56. The highest BCUT2D eigenvalue weighted by molar-refractivity contribution is 6.32. The van der Waals surface area contributed by atoms with E-state index >= 15 is 0 Å². The van der Waals surface area contributed by atoms with Gasteiger partial charge >= 0.3 is 5.97 Å². The van der Waals surface area contributed by atoms with E-state index in [9.17, 15) is 4.79 Å². The topological polar surface area (TPSA) is 70.3 Å². The monoisotopic (exact) mass is 265 g/mol. The molecule has 0 unspecified atom stereocenters. The van der Waals surface area contributed by atoms with E-state index in [2.05, 4.69) is 0 Å². The van der Waals surface area contributed by atoms with Crippen LogP contribution >= 0.6 is 11.6 Å². The maximum absolute atomic E-state index is 11.0. The van der Waals surface area contributed by atoms with Crippen LogP contribution in [0.1, 0.15) is 18.9 Å². The molecule has 0 atom stereocenters. The van der Waals surface area contributed by atoms with E-state index in [1.54, 1.807) is 19.1 Å². The van der Waals surface area contributed by atoms with Crippen molar-refractivity contribution in [3.8, 4) is 11.8 Å². The Morgan fingerprint density at radius 1 is 1.56 bits per heavy atom. The Hall–Kier alpha value is -1.99. The van der Waals surface area contributed by atoms with Gasteiger partial charge in [0, 0.05) is 0 Å². The number of benzene rings is 1. The highest BCUT2D eigenvalue weighted by Crippen LogP contribution is 2.29. The Kier molecular flexibility index (Phi) is 4.75. The predicted octanol–water partition coefficient (Wildman–Crippen LogP) is 3.12. The van der Waals surface area contributed by atoms with Crippen molar-refractivity contribution in [1.82, 2.24) is 0 Å². The highest BCUT2D eigenvalue weighted by atomic mass is 35.5. The number of nitriles is 1. The van der Waals surface area contributed by atoms with Crippen molar-refractivity contribution in [2.24, 2.45) is 0 Å². The maximum atomic E-state index is 11.0. The van der Waals surface area contributed by atoms with Gasteiger partial charge in [0.2, 0.25) is 0 Å². The molecule has 0 amide bonds. The third-order valence-electron chi connectivity index (χ3n) is 2.47. The molecule has 0 saturated heterocycles. The first kappa shape index (κ1) is 14.1. The number of allylic oxidation sites excluding steroid dienone is 1. The quantitative estimate of drug-likeness (QED) is 0.671. The molecular weight excluding hydrogens is 254 g/mol. The lowest BCUT2D eigenvalue weighted by Gasteiger charge is -2.07. The second-order valence-corrected chi connectivity index (χ2v) is 3.88. The van der Waals surface area contributed by atoms with Gasteiger partial charge in [0.1, 0.15) is 11.8 Å². The van der Waals surface area contributed by atoms with E-state index < -0.39 is 5.97 Å². The maximum Gasteiger partial charge on any atom is 0.332 e. The van der Waals surface area contributed by atoms with Gasteiger partial charge in [-0.15, -0.1) is 0 Å². The molecule has 94 valence electrons. The van der Waals surface area contributed by atoms with Gasteiger partial charge in [-0.3, -0.25) is 0 Å². The number of hydrogen-bond donors (Lipinski definition) is 1. The van der Waals surface area contributed by atoms with Crippen LogP contribution in [0, 0.1) is 11.3 Å². The molecule has 1 N–H and O–H groups in total. The summed E-state index contributed by atoms with van der Waals surface area (Å²) in [4.78, 5) is 11.0. The molecule has 0 fully saturated rings. The number of methoxy groups -OCH3 is 1. The first-order valence-corrected chi connectivity index (χ1v) is 5.63. The Bertz CT molecular complexity index is 544. The number of halogens is 1. The van der Waals surface area contributed by atoms with Gasteiger partial charge in [0.05, 0.1) is 23.3 Å². The van der Waals surface area contributed by atoms with Gasteiger partial charge in [0.15, 0.2) is 0 Å². The summed E-state index contributed by atoms with van der Waals surface area (Å²) in [6, 6.07) is 6.65. The van der Waals surface area contributed by atoms with Crippen molar-refractivity contribution in [3.63, 3.8) is 0 Å². The summed E-state index contributed by atoms with van der Waals surface area (Å²) in [5.41, 5.74) is 0.663. The predicted molar refractivity (Wildman–Crippen MR) is 68.5 cm³/mol. The first-order valence-electron chi connectivity index (χ1n) is 5.25. The number of carbonyl (C=O) groups is 1. The minimum atomic E-state index is -1.10. The van der Waals surface area contributed by atoms with Crippen molar-refractivity contribution in [2.45, 2.75) is 13.3 Å². The SMILES string of the molecule is CC/C(C(=O)O)=C(/C#N)c1ccc(OC)c(Cl)c1. The van der Waals surface area contributed by atoms with Gasteiger partial charge in [0.25, 0.3) is 0 Å². The van der Waals surface area contributed by atoms with Gasteiger partial charge < -0.3 is 9.84 Å². The Labute approximate surface area is 110 Å². The van der Waals surface area contributed by atoms with Crippen LogP contribution in [-0.4, -0.2) is 18.2 Å². The van der Waals surface area contributed by atoms with E-state index in [1.807, 2.05) is 6.07 Å². The smallest absolute Gasteiger partial charge is 0.332 e. The van der Waals surface area contributed by atoms with E-state index in [-0.39, 0.29) is 17.6 Å². The lowest BCUT2D eigenvalue weighted by Crippen LogP contribution is -2.03. The van der Waals surface area contributed by atoms with Gasteiger partial charge in [-0.1, -0.05) is 18.5 Å². The molecule has 0 aliphatic carbocycles. The first-order chi connectivity index (χ1) is 8.54. The molecule has 18 heavy (non-hydrogen) atoms. The number of hydrogen-bond acceptors (Lipinski definition) is 3. The normalized spacial score (nSPS) is 11.4. The van der Waals surface area contributed by atoms with E-state index in [0.717, 1.165) is 0 Å². The average molecular weight is 266 g/mol. The molecule has 1 rings (SSSR count). The largest absolute Gasteiger partial charge is 0.495 e. The third kappa shape index (κ3) is 2.82. The van der Waals surface area contributed by atoms with Crippen molar-refractivity contribution in [1.29, 1.82) is 5.26 Å². The molecule has 0 aliphatic rings. The number of nitrogens with zero attached hydrogens (tertiary/aromatic N) is 1. The summed E-state index contributed by atoms with van der Waals surface area (Å²) >= 11 is 5.95. The Balaban J connectivity index is 3.39. The van der Waals surface area contributed by atoms with Crippen molar-refractivity contribution in [2.75, 3.05) is 7.11 Å². The second kappa shape index (κ2) is 6.08. The van der Waals surface area contributed by atoms with Crippen molar-refractivity contribution in [3.05, 3.63) is 34.4 Å². The molecule has 0 aromatic heterocycles. The Morgan fingerprint density at radius 3 is 2.61 bits per heavy atom. The zero-order valence-corrected chi connectivity index (χ0v) is 10.8. The number of aliphatic carboxylic acids is 1. The van der Waals surface area contributed by atoms with Crippen molar-refractivity contribution < 1.29 is 14.6 Å². The molecule has 5 heteroatoms. The van der Waals surface area contributed by atoms with Crippen LogP contribution in [0.4, 0.5) is 0 Å². The van der Waals surface area contributed by atoms with E-state index in [1.165, 1.54) is 13.2 Å². The van der Waals surface area contributed by atoms with Crippen LogP contribution in [0.15, 0.2) is 23.8 Å². The zero-order chi connectivity index (χ0) is 13.7. The molecule has 4 nitrogen and oxygen atoms in total. The molecular formula is C13H12ClNO3. The molecule has 0 spiro atoms. The minimum Gasteiger partial charge on any atom is -0.495 e. The Morgan fingerprint density at radius 2 is 2.22 bits per heavy atom. The lowest BCUT2D eigenvalue weighted by atomic mass is 9.99. The van der Waals surface area contributed by atoms with Crippen LogP contribution in [0.2, 0.25) is 5.02 Å². The summed E-state index contributed by atoms with van der Waals surface area (Å²) in [6.07, 6.45) is 0.266. The van der Waals surface area contributed by atoms with E-state index in [0.29, 0.717) is 16.3 Å². The summed E-state index contributed by atoms with van der Waals surface area (Å²) in [6.45, 7) is 1.69. The number of carboxylic acid groups (broad SMARTS) is 1. The summed E-state index contributed by atoms with van der Waals surface area (Å²) in [5.74, 6) is -0.618. The number of rotatable bonds is 4. The van der Waals surface area contributed by atoms with E-state index in [4.69, 9.17) is 26.7 Å². The summed E-state index contributed by atoms with van der Waals surface area (Å²) in [5, 5.41) is 18.5. The summed E-state index contributed by atoms with van der Waals surface area (Å²) < 4.78 is 5.00. The van der Waals surface area contributed by atoms with Crippen LogP contribution in [-0.2, 0) is 4.79 Å². The van der Waals surface area contributed by atoms with Crippen LogP contribution in [0.3, 0.4) is 0 Å². The third-order valence-corrected chi connectivity index (χ3v) is 2.76. The molecule has 0 heterocycles. The highest BCUT2D eigenvalue weighted by Gasteiger charge is 2.15. The number of carboxylic acids is 1. The molecule has 1 aromatic rings. The molecule has 0 saturated carbocycles. The zero-order valence-electron chi connectivity index (χ0n) is 10.0. The fourth-order valence-corrected chi connectivity index (χ4v) is 1.82. The van der Waals surface area contributed by atoms with Crippen LogP contribution < -0.4 is 4.74 Å².